The summed E-state index contributed by atoms with van der Waals surface area (Å²) in [5.41, 5.74) is 3.78. The van der Waals surface area contributed by atoms with E-state index in [9.17, 15) is 9.59 Å². The van der Waals surface area contributed by atoms with E-state index in [0.29, 0.717) is 22.8 Å². The second kappa shape index (κ2) is 9.12. The van der Waals surface area contributed by atoms with E-state index in [2.05, 4.69) is 26.0 Å². The van der Waals surface area contributed by atoms with Gasteiger partial charge < -0.3 is 16.0 Å². The van der Waals surface area contributed by atoms with Crippen LogP contribution in [0.3, 0.4) is 0 Å². The number of para-hydroxylation sites is 2. The van der Waals surface area contributed by atoms with E-state index < -0.39 is 0 Å². The first-order valence-corrected chi connectivity index (χ1v) is 10.7. The fourth-order valence-corrected chi connectivity index (χ4v) is 3.60. The number of benzene rings is 2. The molecule has 4 rings (SSSR count). The monoisotopic (exact) mass is 442 g/mol. The summed E-state index contributed by atoms with van der Waals surface area (Å²) in [6.45, 7) is 6.01. The molecule has 4 aromatic rings. The van der Waals surface area contributed by atoms with Gasteiger partial charge in [0, 0.05) is 30.4 Å². The van der Waals surface area contributed by atoms with Crippen LogP contribution in [0, 0.1) is 6.92 Å². The van der Waals surface area contributed by atoms with Crippen molar-refractivity contribution in [3.8, 4) is 0 Å². The van der Waals surface area contributed by atoms with Crippen molar-refractivity contribution >= 4 is 39.9 Å². The van der Waals surface area contributed by atoms with Crippen molar-refractivity contribution in [3.05, 3.63) is 77.6 Å². The maximum absolute atomic E-state index is 13.3. The number of nitrogens with zero attached hydrogens (tertiary/aromatic N) is 3. The smallest absolute Gasteiger partial charge is 0.276 e. The first kappa shape index (κ1) is 22.0. The standard InChI is InChI=1S/C25H26N6O2/c1-15(2)31-21-12-8-6-10-18(21)22(30-31)25(33)29-20-13-17(24(32)26-4)14-27-23(20)28-19-11-7-5-9-16(19)3/h5-15H,1-4H3,(H,26,32)(H,27,28)(H,29,33). The van der Waals surface area contributed by atoms with Gasteiger partial charge >= 0.3 is 0 Å². The van der Waals surface area contributed by atoms with Crippen molar-refractivity contribution < 1.29 is 9.59 Å². The molecule has 0 aliphatic carbocycles. The number of aromatic nitrogens is 3. The van der Waals surface area contributed by atoms with Crippen LogP contribution in [-0.2, 0) is 0 Å². The molecule has 0 saturated carbocycles. The lowest BCUT2D eigenvalue weighted by atomic mass is 10.1. The Morgan fingerprint density at radius 3 is 2.42 bits per heavy atom. The van der Waals surface area contributed by atoms with E-state index in [1.54, 1.807) is 13.1 Å². The molecule has 0 aliphatic heterocycles. The highest BCUT2D eigenvalue weighted by atomic mass is 16.2. The van der Waals surface area contributed by atoms with Crippen LogP contribution in [-0.4, -0.2) is 33.6 Å². The second-order valence-electron chi connectivity index (χ2n) is 8.00. The lowest BCUT2D eigenvalue weighted by Crippen LogP contribution is -2.20. The first-order valence-electron chi connectivity index (χ1n) is 10.7. The van der Waals surface area contributed by atoms with Gasteiger partial charge in [-0.1, -0.05) is 36.4 Å². The van der Waals surface area contributed by atoms with Crippen LogP contribution in [0.4, 0.5) is 17.2 Å². The highest BCUT2D eigenvalue weighted by Crippen LogP contribution is 2.28. The van der Waals surface area contributed by atoms with E-state index in [1.807, 2.05) is 74.0 Å². The number of hydrogen-bond acceptors (Lipinski definition) is 5. The van der Waals surface area contributed by atoms with Crippen LogP contribution in [0.1, 0.15) is 46.3 Å². The van der Waals surface area contributed by atoms with Gasteiger partial charge in [-0.3, -0.25) is 14.3 Å². The summed E-state index contributed by atoms with van der Waals surface area (Å²) >= 11 is 0. The van der Waals surface area contributed by atoms with Crippen molar-refractivity contribution in [1.82, 2.24) is 20.1 Å². The van der Waals surface area contributed by atoms with Crippen LogP contribution in [0.15, 0.2) is 60.8 Å². The van der Waals surface area contributed by atoms with E-state index in [0.717, 1.165) is 22.2 Å². The lowest BCUT2D eigenvalue weighted by Gasteiger charge is -2.14. The van der Waals surface area contributed by atoms with Gasteiger partial charge in [0.2, 0.25) is 0 Å². The number of anilines is 3. The van der Waals surface area contributed by atoms with Gasteiger partial charge in [-0.25, -0.2) is 4.98 Å². The van der Waals surface area contributed by atoms with E-state index >= 15 is 0 Å². The summed E-state index contributed by atoms with van der Waals surface area (Å²) in [7, 11) is 1.55. The van der Waals surface area contributed by atoms with Crippen LogP contribution < -0.4 is 16.0 Å². The number of amides is 2. The molecule has 0 fully saturated rings. The predicted molar refractivity (Wildman–Crippen MR) is 130 cm³/mol. The average molecular weight is 443 g/mol. The molecule has 3 N–H and O–H groups in total. The number of rotatable bonds is 6. The molecule has 2 aromatic heterocycles. The number of nitrogens with one attached hydrogen (secondary N) is 3. The number of pyridine rings is 1. The van der Waals surface area contributed by atoms with Crippen LogP contribution in [0.2, 0.25) is 0 Å². The van der Waals surface area contributed by atoms with Gasteiger partial charge in [0.25, 0.3) is 11.8 Å². The third-order valence-electron chi connectivity index (χ3n) is 5.34. The quantitative estimate of drug-likeness (QED) is 0.403. The van der Waals surface area contributed by atoms with Gasteiger partial charge in [0.05, 0.1) is 16.8 Å². The number of fused-ring (bicyclic) bond motifs is 1. The van der Waals surface area contributed by atoms with E-state index in [-0.39, 0.29) is 17.9 Å². The molecule has 0 saturated heterocycles. The van der Waals surface area contributed by atoms with Gasteiger partial charge in [0.15, 0.2) is 11.5 Å². The Bertz CT molecular complexity index is 1340. The Kier molecular flexibility index (Phi) is 6.08. The molecule has 168 valence electrons. The Hall–Kier alpha value is -4.20. The third-order valence-corrected chi connectivity index (χ3v) is 5.34. The Balaban J connectivity index is 1.74. The lowest BCUT2D eigenvalue weighted by molar-refractivity contribution is 0.0961. The Morgan fingerprint density at radius 1 is 0.970 bits per heavy atom. The largest absolute Gasteiger partial charge is 0.355 e. The normalized spacial score (nSPS) is 10.9. The van der Waals surface area contributed by atoms with Gasteiger partial charge in [-0.15, -0.1) is 0 Å². The fourth-order valence-electron chi connectivity index (χ4n) is 3.60. The molecular formula is C25H26N6O2. The molecule has 8 nitrogen and oxygen atoms in total. The molecule has 2 heterocycles. The zero-order valence-electron chi connectivity index (χ0n) is 19.0. The van der Waals surface area contributed by atoms with Crippen molar-refractivity contribution in [3.63, 3.8) is 0 Å². The summed E-state index contributed by atoms with van der Waals surface area (Å²) in [5, 5.41) is 14.1. The molecule has 8 heteroatoms. The number of carbonyl (C=O) groups excluding carboxylic acids is 2. The summed E-state index contributed by atoms with van der Waals surface area (Å²) in [6.07, 6.45) is 1.47. The molecule has 0 unspecified atom stereocenters. The minimum Gasteiger partial charge on any atom is -0.355 e. The number of aryl methyl sites for hydroxylation is 1. The number of carbonyl (C=O) groups is 2. The van der Waals surface area contributed by atoms with Gasteiger partial charge in [-0.2, -0.15) is 5.10 Å². The summed E-state index contributed by atoms with van der Waals surface area (Å²) in [4.78, 5) is 30.0. The van der Waals surface area contributed by atoms with E-state index in [1.165, 1.54) is 6.20 Å². The topological polar surface area (TPSA) is 101 Å². The van der Waals surface area contributed by atoms with Gasteiger partial charge in [-0.05, 0) is 44.5 Å². The first-order chi connectivity index (χ1) is 15.9. The fraction of sp³-hybridized carbons (Fsp3) is 0.200. The molecule has 0 bridgehead atoms. The molecule has 2 aromatic carbocycles. The maximum Gasteiger partial charge on any atom is 0.276 e. The maximum atomic E-state index is 13.3. The summed E-state index contributed by atoms with van der Waals surface area (Å²) < 4.78 is 1.83. The van der Waals surface area contributed by atoms with Gasteiger partial charge in [0.1, 0.15) is 0 Å². The number of hydrogen-bond donors (Lipinski definition) is 3. The molecule has 2 amide bonds. The summed E-state index contributed by atoms with van der Waals surface area (Å²) in [6, 6.07) is 17.1. The minimum atomic E-state index is -0.380. The highest BCUT2D eigenvalue weighted by molar-refractivity contribution is 6.12. The minimum absolute atomic E-state index is 0.0907. The van der Waals surface area contributed by atoms with Crippen LogP contribution in [0.25, 0.3) is 10.9 Å². The predicted octanol–water partition coefficient (Wildman–Crippen LogP) is 4.68. The van der Waals surface area contributed by atoms with E-state index in [4.69, 9.17) is 0 Å². The van der Waals surface area contributed by atoms with Crippen LogP contribution in [0.5, 0.6) is 0 Å². The molecular weight excluding hydrogens is 416 g/mol. The molecule has 33 heavy (non-hydrogen) atoms. The average Bonchev–Trinajstić information content (AvgIpc) is 3.21. The Morgan fingerprint density at radius 2 is 1.70 bits per heavy atom. The molecule has 0 radical (unpaired) electrons. The third kappa shape index (κ3) is 4.41. The Labute approximate surface area is 192 Å². The highest BCUT2D eigenvalue weighted by Gasteiger charge is 2.20. The zero-order valence-corrected chi connectivity index (χ0v) is 19.0. The van der Waals surface area contributed by atoms with Crippen molar-refractivity contribution in [1.29, 1.82) is 0 Å². The zero-order chi connectivity index (χ0) is 23.5. The SMILES string of the molecule is CNC(=O)c1cnc(Nc2ccccc2C)c(NC(=O)c2nn(C(C)C)c3ccccc23)c1. The van der Waals surface area contributed by atoms with Crippen molar-refractivity contribution in [2.24, 2.45) is 0 Å². The molecule has 0 atom stereocenters. The van der Waals surface area contributed by atoms with Crippen molar-refractivity contribution in [2.45, 2.75) is 26.8 Å². The van der Waals surface area contributed by atoms with Crippen LogP contribution >= 0.6 is 0 Å². The molecule has 0 aliphatic rings. The van der Waals surface area contributed by atoms with Crippen molar-refractivity contribution in [2.75, 3.05) is 17.7 Å². The molecule has 0 spiro atoms. The summed E-state index contributed by atoms with van der Waals surface area (Å²) in [5.74, 6) is -0.248. The second-order valence-corrected chi connectivity index (χ2v) is 8.00.